The largest absolute Gasteiger partial charge is 0.573 e. The summed E-state index contributed by atoms with van der Waals surface area (Å²) < 4.78 is 41.0. The number of aliphatic hydroxyl groups is 1. The van der Waals surface area contributed by atoms with Gasteiger partial charge in [-0.15, -0.1) is 13.2 Å². The number of hydrogen-bond acceptors (Lipinski definition) is 2. The third-order valence-electron chi connectivity index (χ3n) is 2.81. The number of hydrogen-bond donors (Lipinski definition) is 1. The molecule has 0 unspecified atom stereocenters. The summed E-state index contributed by atoms with van der Waals surface area (Å²) in [4.78, 5) is 0. The second-order valence-electron chi connectivity index (χ2n) is 4.40. The standard InChI is InChI=1S/C15H13F3O2/c1-10-3-2-4-11(7-10)12-5-6-13(9-19)14(8-12)20-15(16,17)18/h2-8,19H,9H2,1H3. The Morgan fingerprint density at radius 3 is 2.35 bits per heavy atom. The first-order valence-electron chi connectivity index (χ1n) is 5.95. The molecule has 0 aliphatic carbocycles. The molecule has 0 saturated heterocycles. The van der Waals surface area contributed by atoms with E-state index in [0.29, 0.717) is 5.56 Å². The Hall–Kier alpha value is -2.01. The lowest BCUT2D eigenvalue weighted by Crippen LogP contribution is -2.18. The van der Waals surface area contributed by atoms with Crippen LogP contribution in [0.1, 0.15) is 11.1 Å². The number of rotatable bonds is 3. The second kappa shape index (κ2) is 5.54. The molecule has 0 aliphatic heterocycles. The zero-order valence-corrected chi connectivity index (χ0v) is 10.7. The fraction of sp³-hybridized carbons (Fsp3) is 0.200. The zero-order valence-electron chi connectivity index (χ0n) is 10.7. The summed E-state index contributed by atoms with van der Waals surface area (Å²) in [7, 11) is 0. The van der Waals surface area contributed by atoms with Crippen LogP contribution in [0.15, 0.2) is 42.5 Å². The van der Waals surface area contributed by atoms with Gasteiger partial charge in [0.25, 0.3) is 0 Å². The van der Waals surface area contributed by atoms with E-state index in [1.165, 1.54) is 12.1 Å². The van der Waals surface area contributed by atoms with E-state index in [4.69, 9.17) is 5.11 Å². The van der Waals surface area contributed by atoms with Crippen molar-refractivity contribution in [2.24, 2.45) is 0 Å². The summed E-state index contributed by atoms with van der Waals surface area (Å²) in [5.74, 6) is -0.376. The van der Waals surface area contributed by atoms with E-state index < -0.39 is 13.0 Å². The predicted molar refractivity (Wildman–Crippen MR) is 69.2 cm³/mol. The summed E-state index contributed by atoms with van der Waals surface area (Å²) in [6, 6.07) is 11.8. The van der Waals surface area contributed by atoms with Crippen molar-refractivity contribution in [2.75, 3.05) is 0 Å². The number of aryl methyl sites for hydroxylation is 1. The molecule has 0 spiro atoms. The van der Waals surface area contributed by atoms with Crippen LogP contribution in [0.5, 0.6) is 5.75 Å². The highest BCUT2D eigenvalue weighted by Gasteiger charge is 2.32. The Kier molecular flexibility index (Phi) is 3.99. The van der Waals surface area contributed by atoms with Gasteiger partial charge in [0.15, 0.2) is 0 Å². The van der Waals surface area contributed by atoms with Gasteiger partial charge in [0.2, 0.25) is 0 Å². The lowest BCUT2D eigenvalue weighted by Gasteiger charge is -2.14. The Balaban J connectivity index is 2.44. The molecular formula is C15H13F3O2. The van der Waals surface area contributed by atoms with Crippen LogP contribution < -0.4 is 4.74 Å². The lowest BCUT2D eigenvalue weighted by atomic mass is 10.0. The van der Waals surface area contributed by atoms with Crippen LogP contribution in [-0.4, -0.2) is 11.5 Å². The number of ether oxygens (including phenoxy) is 1. The first kappa shape index (κ1) is 14.4. The van der Waals surface area contributed by atoms with E-state index in [-0.39, 0.29) is 11.3 Å². The monoisotopic (exact) mass is 282 g/mol. The lowest BCUT2D eigenvalue weighted by molar-refractivity contribution is -0.275. The SMILES string of the molecule is Cc1cccc(-c2ccc(CO)c(OC(F)(F)F)c2)c1. The molecule has 1 N–H and O–H groups in total. The molecule has 2 rings (SSSR count). The maximum absolute atomic E-state index is 12.4. The normalized spacial score (nSPS) is 11.4. The minimum atomic E-state index is -4.78. The molecule has 0 amide bonds. The first-order valence-corrected chi connectivity index (χ1v) is 5.95. The minimum absolute atomic E-state index is 0.0960. The summed E-state index contributed by atoms with van der Waals surface area (Å²) in [5.41, 5.74) is 2.50. The molecule has 0 aliphatic rings. The van der Waals surface area contributed by atoms with Crippen LogP contribution in [0.4, 0.5) is 13.2 Å². The zero-order chi connectivity index (χ0) is 14.8. The average Bonchev–Trinajstić information content (AvgIpc) is 2.37. The Morgan fingerprint density at radius 2 is 1.75 bits per heavy atom. The molecule has 0 saturated carbocycles. The highest BCUT2D eigenvalue weighted by Crippen LogP contribution is 2.31. The van der Waals surface area contributed by atoms with Crippen LogP contribution >= 0.6 is 0 Å². The van der Waals surface area contributed by atoms with E-state index >= 15 is 0 Å². The van der Waals surface area contributed by atoms with Crippen LogP contribution in [0.3, 0.4) is 0 Å². The molecule has 20 heavy (non-hydrogen) atoms. The van der Waals surface area contributed by atoms with Gasteiger partial charge < -0.3 is 9.84 Å². The van der Waals surface area contributed by atoms with Gasteiger partial charge in [0, 0.05) is 5.56 Å². The molecule has 0 fully saturated rings. The van der Waals surface area contributed by atoms with Gasteiger partial charge >= 0.3 is 6.36 Å². The van der Waals surface area contributed by atoms with Crippen molar-refractivity contribution < 1.29 is 23.0 Å². The predicted octanol–water partition coefficient (Wildman–Crippen LogP) is 4.05. The molecule has 5 heteroatoms. The number of aliphatic hydroxyl groups excluding tert-OH is 1. The third-order valence-corrected chi connectivity index (χ3v) is 2.81. The van der Waals surface area contributed by atoms with Crippen molar-refractivity contribution in [3.8, 4) is 16.9 Å². The van der Waals surface area contributed by atoms with Crippen molar-refractivity contribution in [3.05, 3.63) is 53.6 Å². The fourth-order valence-corrected chi connectivity index (χ4v) is 1.91. The van der Waals surface area contributed by atoms with Gasteiger partial charge in [0.1, 0.15) is 5.75 Å². The molecule has 2 aromatic rings. The van der Waals surface area contributed by atoms with Crippen LogP contribution in [0, 0.1) is 6.92 Å². The highest BCUT2D eigenvalue weighted by molar-refractivity contribution is 5.66. The van der Waals surface area contributed by atoms with Crippen LogP contribution in [-0.2, 0) is 6.61 Å². The smallest absolute Gasteiger partial charge is 0.405 e. The maximum Gasteiger partial charge on any atom is 0.573 e. The Morgan fingerprint density at radius 1 is 1.05 bits per heavy atom. The van der Waals surface area contributed by atoms with E-state index in [9.17, 15) is 13.2 Å². The topological polar surface area (TPSA) is 29.5 Å². The minimum Gasteiger partial charge on any atom is -0.405 e. The van der Waals surface area contributed by atoms with Gasteiger partial charge in [-0.3, -0.25) is 0 Å². The van der Waals surface area contributed by atoms with Gasteiger partial charge in [-0.1, -0.05) is 42.0 Å². The second-order valence-corrected chi connectivity index (χ2v) is 4.40. The maximum atomic E-state index is 12.4. The molecule has 0 aromatic heterocycles. The molecule has 106 valence electrons. The quantitative estimate of drug-likeness (QED) is 0.920. The van der Waals surface area contributed by atoms with Gasteiger partial charge in [-0.25, -0.2) is 0 Å². The molecule has 2 aromatic carbocycles. The van der Waals surface area contributed by atoms with Crippen molar-refractivity contribution >= 4 is 0 Å². The molecular weight excluding hydrogens is 269 g/mol. The van der Waals surface area contributed by atoms with Crippen molar-refractivity contribution in [1.29, 1.82) is 0 Å². The third kappa shape index (κ3) is 3.51. The van der Waals surface area contributed by atoms with Gasteiger partial charge in [0.05, 0.1) is 6.61 Å². The van der Waals surface area contributed by atoms with E-state index in [1.807, 2.05) is 25.1 Å². The number of halogens is 3. The average molecular weight is 282 g/mol. The Labute approximate surface area is 114 Å². The van der Waals surface area contributed by atoms with E-state index in [0.717, 1.165) is 11.1 Å². The first-order chi connectivity index (χ1) is 9.39. The van der Waals surface area contributed by atoms with E-state index in [2.05, 4.69) is 4.74 Å². The molecule has 0 heterocycles. The van der Waals surface area contributed by atoms with Gasteiger partial charge in [-0.2, -0.15) is 0 Å². The fourth-order valence-electron chi connectivity index (χ4n) is 1.91. The summed E-state index contributed by atoms with van der Waals surface area (Å²) in [6.45, 7) is 1.39. The Bertz CT molecular complexity index is 606. The van der Waals surface area contributed by atoms with Crippen LogP contribution in [0.2, 0.25) is 0 Å². The van der Waals surface area contributed by atoms with E-state index in [1.54, 1.807) is 12.1 Å². The summed E-state index contributed by atoms with van der Waals surface area (Å²) >= 11 is 0. The number of alkyl halides is 3. The van der Waals surface area contributed by atoms with Gasteiger partial charge in [-0.05, 0) is 24.1 Å². The molecule has 0 atom stereocenters. The molecule has 0 bridgehead atoms. The highest BCUT2D eigenvalue weighted by atomic mass is 19.4. The summed E-state index contributed by atoms with van der Waals surface area (Å²) in [5, 5.41) is 9.07. The number of benzene rings is 2. The van der Waals surface area contributed by atoms with Crippen molar-refractivity contribution in [2.45, 2.75) is 19.9 Å². The molecule has 2 nitrogen and oxygen atoms in total. The van der Waals surface area contributed by atoms with Crippen LogP contribution in [0.25, 0.3) is 11.1 Å². The van der Waals surface area contributed by atoms with Crippen molar-refractivity contribution in [1.82, 2.24) is 0 Å². The summed E-state index contributed by atoms with van der Waals surface area (Å²) in [6.07, 6.45) is -4.78. The van der Waals surface area contributed by atoms with Crippen molar-refractivity contribution in [3.63, 3.8) is 0 Å². The molecule has 0 radical (unpaired) electrons.